The van der Waals surface area contributed by atoms with E-state index in [0.29, 0.717) is 6.42 Å². The second-order valence-electron chi connectivity index (χ2n) is 3.86. The van der Waals surface area contributed by atoms with Crippen LogP contribution in [0.3, 0.4) is 0 Å². The van der Waals surface area contributed by atoms with Crippen LogP contribution in [0.1, 0.15) is 18.4 Å². The maximum Gasteiger partial charge on any atom is 0.335 e. The van der Waals surface area contributed by atoms with Gasteiger partial charge < -0.3 is 4.84 Å². The van der Waals surface area contributed by atoms with Crippen LogP contribution in [0.4, 0.5) is 0 Å². The van der Waals surface area contributed by atoms with E-state index in [1.807, 2.05) is 54.6 Å². The summed E-state index contributed by atoms with van der Waals surface area (Å²) in [6.07, 6.45) is 8.10. The van der Waals surface area contributed by atoms with Gasteiger partial charge in [0.15, 0.2) is 0 Å². The minimum Gasteiger partial charge on any atom is -0.316 e. The van der Waals surface area contributed by atoms with E-state index >= 15 is 0 Å². The van der Waals surface area contributed by atoms with Crippen molar-refractivity contribution in [1.82, 2.24) is 0 Å². The van der Waals surface area contributed by atoms with Gasteiger partial charge in [-0.3, -0.25) is 0 Å². The Hall–Kier alpha value is -3.18. The van der Waals surface area contributed by atoms with Gasteiger partial charge in [0, 0.05) is 0 Å². The van der Waals surface area contributed by atoms with Crippen molar-refractivity contribution < 1.29 is 9.63 Å². The van der Waals surface area contributed by atoms with Crippen LogP contribution in [-0.2, 0) is 9.63 Å². The summed E-state index contributed by atoms with van der Waals surface area (Å²) in [5, 5.41) is 19.9. The number of benzene rings is 1. The van der Waals surface area contributed by atoms with Gasteiger partial charge in [-0.25, -0.2) is 4.79 Å². The number of rotatable bonds is 6. The standard InChI is InChI=1S/C16H13N3O2/c17-12-15(13-18)19-21-16(20)11-7-2-1-4-8-14-9-5-3-6-10-14/h1-6,8-10H,7,11H2/b2-1+,8-4+. The topological polar surface area (TPSA) is 86.2 Å². The van der Waals surface area contributed by atoms with Crippen molar-refractivity contribution >= 4 is 17.8 Å². The zero-order chi connectivity index (χ0) is 15.3. The van der Waals surface area contributed by atoms with Crippen LogP contribution in [0.5, 0.6) is 0 Å². The van der Waals surface area contributed by atoms with Gasteiger partial charge >= 0.3 is 5.97 Å². The largest absolute Gasteiger partial charge is 0.335 e. The highest BCUT2D eigenvalue weighted by Crippen LogP contribution is 2.01. The Kier molecular flexibility index (Phi) is 7.34. The fraction of sp³-hybridized carbons (Fsp3) is 0.125. The van der Waals surface area contributed by atoms with Crippen LogP contribution >= 0.6 is 0 Å². The molecule has 0 N–H and O–H groups in total. The van der Waals surface area contributed by atoms with Crippen molar-refractivity contribution in [2.75, 3.05) is 0 Å². The summed E-state index contributed by atoms with van der Waals surface area (Å²) >= 11 is 0. The Morgan fingerprint density at radius 3 is 2.57 bits per heavy atom. The van der Waals surface area contributed by atoms with Gasteiger partial charge in [-0.05, 0) is 12.0 Å². The lowest BCUT2D eigenvalue weighted by molar-refractivity contribution is -0.143. The number of nitrogens with zero attached hydrogens (tertiary/aromatic N) is 3. The van der Waals surface area contributed by atoms with Crippen molar-refractivity contribution in [3.05, 3.63) is 54.1 Å². The number of allylic oxidation sites excluding steroid dienone is 3. The SMILES string of the molecule is N#CC(C#N)=NOC(=O)CC/C=C/C=C/c1ccccc1. The molecular formula is C16H13N3O2. The summed E-state index contributed by atoms with van der Waals surface area (Å²) in [6.45, 7) is 0. The molecule has 0 amide bonds. The Bertz CT molecular complexity index is 616. The molecular weight excluding hydrogens is 266 g/mol. The lowest BCUT2D eigenvalue weighted by atomic mass is 10.2. The summed E-state index contributed by atoms with van der Waals surface area (Å²) in [5.74, 6) is -0.588. The van der Waals surface area contributed by atoms with E-state index in [2.05, 4.69) is 9.99 Å². The molecule has 21 heavy (non-hydrogen) atoms. The molecule has 0 heterocycles. The smallest absolute Gasteiger partial charge is 0.316 e. The average molecular weight is 279 g/mol. The molecule has 0 aliphatic heterocycles. The Labute approximate surface area is 123 Å². The van der Waals surface area contributed by atoms with E-state index in [1.54, 1.807) is 0 Å². The first-order valence-electron chi connectivity index (χ1n) is 6.22. The zero-order valence-corrected chi connectivity index (χ0v) is 11.3. The van der Waals surface area contributed by atoms with Crippen LogP contribution in [0.25, 0.3) is 6.08 Å². The van der Waals surface area contributed by atoms with Crippen LogP contribution in [0, 0.1) is 22.7 Å². The van der Waals surface area contributed by atoms with Crippen LogP contribution in [-0.4, -0.2) is 11.7 Å². The molecule has 1 aromatic carbocycles. The summed E-state index contributed by atoms with van der Waals surface area (Å²) in [5.41, 5.74) is 0.612. The lowest BCUT2D eigenvalue weighted by Gasteiger charge is -1.93. The molecule has 5 heteroatoms. The van der Waals surface area contributed by atoms with E-state index in [9.17, 15) is 4.79 Å². The van der Waals surface area contributed by atoms with Gasteiger partial charge in [-0.15, -0.1) is 0 Å². The molecule has 0 spiro atoms. The van der Waals surface area contributed by atoms with Crippen molar-refractivity contribution in [1.29, 1.82) is 10.5 Å². The summed E-state index contributed by atoms with van der Waals surface area (Å²) in [6, 6.07) is 12.8. The van der Waals surface area contributed by atoms with Crippen LogP contribution in [0.15, 0.2) is 53.7 Å². The Morgan fingerprint density at radius 2 is 1.90 bits per heavy atom. The maximum atomic E-state index is 11.2. The molecule has 104 valence electrons. The first-order chi connectivity index (χ1) is 10.3. The fourth-order valence-corrected chi connectivity index (χ4v) is 1.31. The molecule has 0 aliphatic carbocycles. The lowest BCUT2D eigenvalue weighted by Crippen LogP contribution is -2.01. The van der Waals surface area contributed by atoms with Gasteiger partial charge in [0.1, 0.15) is 12.1 Å². The normalized spacial score (nSPS) is 10.0. The number of hydrogen-bond acceptors (Lipinski definition) is 5. The Balaban J connectivity index is 2.28. The average Bonchev–Trinajstić information content (AvgIpc) is 2.52. The van der Waals surface area contributed by atoms with Crippen molar-refractivity contribution in [3.8, 4) is 12.1 Å². The van der Waals surface area contributed by atoms with Gasteiger partial charge in [0.05, 0.1) is 6.42 Å². The molecule has 5 nitrogen and oxygen atoms in total. The quantitative estimate of drug-likeness (QED) is 0.346. The van der Waals surface area contributed by atoms with Crippen LogP contribution < -0.4 is 0 Å². The van der Waals surface area contributed by atoms with E-state index in [4.69, 9.17) is 10.5 Å². The Morgan fingerprint density at radius 1 is 1.19 bits per heavy atom. The van der Waals surface area contributed by atoms with Gasteiger partial charge in [0.25, 0.3) is 5.71 Å². The predicted octanol–water partition coefficient (Wildman–Crippen LogP) is 2.98. The molecule has 0 aliphatic rings. The molecule has 0 saturated carbocycles. The predicted molar refractivity (Wildman–Crippen MR) is 78.6 cm³/mol. The van der Waals surface area contributed by atoms with Gasteiger partial charge in [-0.2, -0.15) is 10.5 Å². The summed E-state index contributed by atoms with van der Waals surface area (Å²) in [7, 11) is 0. The molecule has 0 fully saturated rings. The summed E-state index contributed by atoms with van der Waals surface area (Å²) in [4.78, 5) is 15.6. The fourth-order valence-electron chi connectivity index (χ4n) is 1.31. The van der Waals surface area contributed by atoms with E-state index < -0.39 is 11.7 Å². The molecule has 0 unspecified atom stereocenters. The number of carbonyl (C=O) groups is 1. The highest BCUT2D eigenvalue weighted by molar-refractivity contribution is 6.10. The second kappa shape index (κ2) is 9.71. The highest BCUT2D eigenvalue weighted by Gasteiger charge is 2.02. The van der Waals surface area contributed by atoms with Crippen molar-refractivity contribution in [2.45, 2.75) is 12.8 Å². The molecule has 0 radical (unpaired) electrons. The zero-order valence-electron chi connectivity index (χ0n) is 11.3. The van der Waals surface area contributed by atoms with Crippen molar-refractivity contribution in [3.63, 3.8) is 0 Å². The number of nitriles is 2. The molecule has 0 bridgehead atoms. The molecule has 0 aromatic heterocycles. The third kappa shape index (κ3) is 7.09. The highest BCUT2D eigenvalue weighted by atomic mass is 16.7. The molecule has 1 rings (SSSR count). The van der Waals surface area contributed by atoms with Gasteiger partial charge in [0.2, 0.25) is 0 Å². The maximum absolute atomic E-state index is 11.2. The molecule has 1 aromatic rings. The minimum absolute atomic E-state index is 0.128. The van der Waals surface area contributed by atoms with Gasteiger partial charge in [-0.1, -0.05) is 59.8 Å². The minimum atomic E-state index is -0.588. The number of carbonyl (C=O) groups excluding carboxylic acids is 1. The van der Waals surface area contributed by atoms with E-state index in [1.165, 1.54) is 12.1 Å². The number of oxime groups is 1. The summed E-state index contributed by atoms with van der Waals surface area (Å²) < 4.78 is 0. The number of hydrogen-bond donors (Lipinski definition) is 0. The van der Waals surface area contributed by atoms with Crippen LogP contribution in [0.2, 0.25) is 0 Å². The first kappa shape index (κ1) is 15.9. The monoisotopic (exact) mass is 279 g/mol. The molecule has 0 saturated heterocycles. The van der Waals surface area contributed by atoms with E-state index in [-0.39, 0.29) is 6.42 Å². The van der Waals surface area contributed by atoms with Crippen molar-refractivity contribution in [2.24, 2.45) is 5.16 Å². The second-order valence-corrected chi connectivity index (χ2v) is 3.86. The van der Waals surface area contributed by atoms with E-state index in [0.717, 1.165) is 5.56 Å². The third-order valence-corrected chi connectivity index (χ3v) is 2.30. The first-order valence-corrected chi connectivity index (χ1v) is 6.22. The molecule has 0 atom stereocenters. The third-order valence-electron chi connectivity index (χ3n) is 2.30.